The first-order valence-electron chi connectivity index (χ1n) is 20.0. The second-order valence-electron chi connectivity index (χ2n) is 14.9. The van der Waals surface area contributed by atoms with Crippen molar-refractivity contribution < 1.29 is 4.42 Å². The van der Waals surface area contributed by atoms with E-state index in [1.165, 1.54) is 20.2 Å². The summed E-state index contributed by atoms with van der Waals surface area (Å²) in [7, 11) is 0. The fourth-order valence-electron chi connectivity index (χ4n) is 8.48. The molecule has 5 nitrogen and oxygen atoms in total. The Morgan fingerprint density at radius 1 is 0.367 bits per heavy atom. The zero-order chi connectivity index (χ0) is 39.6. The van der Waals surface area contributed by atoms with Gasteiger partial charge in [-0.2, -0.15) is 0 Å². The molecule has 4 heterocycles. The number of thiophene rings is 1. The predicted octanol–water partition coefficient (Wildman–Crippen LogP) is 14.7. The highest BCUT2D eigenvalue weighted by molar-refractivity contribution is 7.26. The summed E-state index contributed by atoms with van der Waals surface area (Å²) < 4.78 is 8.82. The van der Waals surface area contributed by atoms with Crippen LogP contribution in [0.1, 0.15) is 0 Å². The first-order valence-corrected chi connectivity index (χ1v) is 20.8. The number of hydrogen-bond acceptors (Lipinski definition) is 6. The van der Waals surface area contributed by atoms with Gasteiger partial charge in [0.25, 0.3) is 0 Å². The molecule has 6 heteroatoms. The molecule has 8 aromatic carbocycles. The molecule has 12 aromatic rings. The van der Waals surface area contributed by atoms with Gasteiger partial charge in [0.05, 0.1) is 15.9 Å². The van der Waals surface area contributed by atoms with Crippen LogP contribution in [0.15, 0.2) is 199 Å². The number of hydrogen-bond donors (Lipinski definition) is 0. The minimum absolute atomic E-state index is 0.598. The second kappa shape index (κ2) is 13.9. The Labute approximate surface area is 348 Å². The molecule has 0 saturated carbocycles. The Balaban J connectivity index is 0.992. The molecule has 0 aliphatic carbocycles. The summed E-state index contributed by atoms with van der Waals surface area (Å²) in [4.78, 5) is 20.7. The zero-order valence-electron chi connectivity index (χ0n) is 32.1. The van der Waals surface area contributed by atoms with Crippen molar-refractivity contribution in [3.05, 3.63) is 194 Å². The number of furan rings is 1. The van der Waals surface area contributed by atoms with Gasteiger partial charge >= 0.3 is 0 Å². The van der Waals surface area contributed by atoms with Crippen LogP contribution in [0.5, 0.6) is 0 Å². The van der Waals surface area contributed by atoms with Crippen molar-refractivity contribution in [3.8, 4) is 67.7 Å². The third kappa shape index (κ3) is 5.69. The van der Waals surface area contributed by atoms with Gasteiger partial charge in [-0.1, -0.05) is 176 Å². The molecule has 60 heavy (non-hydrogen) atoms. The first kappa shape index (κ1) is 34.3. The van der Waals surface area contributed by atoms with Crippen molar-refractivity contribution >= 4 is 64.4 Å². The fraction of sp³-hybridized carbons (Fsp3) is 0. The van der Waals surface area contributed by atoms with Gasteiger partial charge in [-0.3, -0.25) is 0 Å². The van der Waals surface area contributed by atoms with Gasteiger partial charge < -0.3 is 4.42 Å². The highest BCUT2D eigenvalue weighted by Gasteiger charge is 2.20. The Morgan fingerprint density at radius 2 is 0.917 bits per heavy atom. The topological polar surface area (TPSA) is 64.7 Å². The molecular formula is C54H32N4OS. The van der Waals surface area contributed by atoms with Crippen LogP contribution < -0.4 is 0 Å². The summed E-state index contributed by atoms with van der Waals surface area (Å²) in [6.07, 6.45) is 0. The zero-order valence-corrected chi connectivity index (χ0v) is 32.9. The van der Waals surface area contributed by atoms with Crippen molar-refractivity contribution in [2.75, 3.05) is 0 Å². The van der Waals surface area contributed by atoms with Crippen molar-refractivity contribution in [1.82, 2.24) is 19.9 Å². The molecule has 0 amide bonds. The van der Waals surface area contributed by atoms with E-state index in [0.717, 1.165) is 83.0 Å². The number of aromatic nitrogens is 4. The second-order valence-corrected chi connectivity index (χ2v) is 16.0. The lowest BCUT2D eigenvalue weighted by atomic mass is 9.96. The molecule has 0 atom stereocenters. The van der Waals surface area contributed by atoms with Crippen LogP contribution in [0, 0.1) is 0 Å². The third-order valence-electron chi connectivity index (χ3n) is 11.3. The average Bonchev–Trinajstić information content (AvgIpc) is 3.91. The van der Waals surface area contributed by atoms with E-state index in [9.17, 15) is 0 Å². The van der Waals surface area contributed by atoms with Crippen LogP contribution in [0.2, 0.25) is 0 Å². The van der Waals surface area contributed by atoms with Crippen LogP contribution in [0.4, 0.5) is 0 Å². The predicted molar refractivity (Wildman–Crippen MR) is 248 cm³/mol. The normalized spacial score (nSPS) is 11.7. The molecule has 0 aliphatic heterocycles. The van der Waals surface area contributed by atoms with Crippen molar-refractivity contribution in [2.45, 2.75) is 0 Å². The monoisotopic (exact) mass is 784 g/mol. The van der Waals surface area contributed by atoms with Gasteiger partial charge in [0.15, 0.2) is 17.5 Å². The maximum absolute atomic E-state index is 6.37. The molecule has 0 bridgehead atoms. The van der Waals surface area contributed by atoms with Gasteiger partial charge in [0.1, 0.15) is 11.2 Å². The molecule has 0 unspecified atom stereocenters. The van der Waals surface area contributed by atoms with Gasteiger partial charge in [-0.15, -0.1) is 11.3 Å². The summed E-state index contributed by atoms with van der Waals surface area (Å²) in [5, 5.41) is 5.85. The molecule has 0 saturated heterocycles. The number of benzene rings is 8. The molecule has 0 fully saturated rings. The van der Waals surface area contributed by atoms with E-state index in [4.69, 9.17) is 24.4 Å². The maximum atomic E-state index is 6.37. The molecular weight excluding hydrogens is 753 g/mol. The van der Waals surface area contributed by atoms with Crippen molar-refractivity contribution in [1.29, 1.82) is 0 Å². The summed E-state index contributed by atoms with van der Waals surface area (Å²) in [5.41, 5.74) is 11.7. The third-order valence-corrected chi connectivity index (χ3v) is 12.5. The lowest BCUT2D eigenvalue weighted by Crippen LogP contribution is -2.00. The standard InChI is InChI=1S/C54H32N4OS/c1-3-14-34(15-4-1)48-51-47(43-21-8-10-27-46(43)60-51)44-25-12-22-39(49(44)55-48)37-18-11-19-38(32-37)54-57-52(35-16-5-2-6-17-35)56-53(58-54)36-30-28-33(29-31-36)40-23-13-24-42-41-20-7-9-26-45(41)59-50(40)42/h1-32H. The quantitative estimate of drug-likeness (QED) is 0.168. The van der Waals surface area contributed by atoms with Crippen LogP contribution >= 0.6 is 11.3 Å². The van der Waals surface area contributed by atoms with E-state index in [0.29, 0.717) is 17.5 Å². The summed E-state index contributed by atoms with van der Waals surface area (Å²) >= 11 is 1.81. The van der Waals surface area contributed by atoms with Crippen LogP contribution in [0.3, 0.4) is 0 Å². The van der Waals surface area contributed by atoms with Gasteiger partial charge in [-0.25, -0.2) is 19.9 Å². The van der Waals surface area contributed by atoms with Gasteiger partial charge in [0, 0.05) is 65.0 Å². The smallest absolute Gasteiger partial charge is 0.164 e. The largest absolute Gasteiger partial charge is 0.455 e. The minimum atomic E-state index is 0.598. The van der Waals surface area contributed by atoms with Crippen LogP contribution in [0.25, 0.3) is 121 Å². The number of para-hydroxylation sites is 3. The Hall–Kier alpha value is -7.80. The molecule has 0 aliphatic rings. The highest BCUT2D eigenvalue weighted by atomic mass is 32.1. The SMILES string of the molecule is c1ccc(-c2nc(-c3ccc(-c4cccc5c4oc4ccccc45)cc3)nc(-c3cccc(-c4cccc5c4nc(-c4ccccc4)c4sc6ccccc6c45)c3)n2)cc1. The minimum Gasteiger partial charge on any atom is -0.455 e. The summed E-state index contributed by atoms with van der Waals surface area (Å²) in [6, 6.07) is 67.2. The van der Waals surface area contributed by atoms with E-state index < -0.39 is 0 Å². The lowest BCUT2D eigenvalue weighted by molar-refractivity contribution is 0.670. The van der Waals surface area contributed by atoms with Gasteiger partial charge in [0.2, 0.25) is 0 Å². The number of nitrogens with zero attached hydrogens (tertiary/aromatic N) is 4. The molecule has 4 aromatic heterocycles. The molecule has 280 valence electrons. The summed E-state index contributed by atoms with van der Waals surface area (Å²) in [5.74, 6) is 1.81. The molecule has 0 N–H and O–H groups in total. The fourth-order valence-corrected chi connectivity index (χ4v) is 9.71. The molecule has 12 rings (SSSR count). The highest BCUT2D eigenvalue weighted by Crippen LogP contribution is 2.45. The maximum Gasteiger partial charge on any atom is 0.164 e. The number of rotatable bonds is 6. The summed E-state index contributed by atoms with van der Waals surface area (Å²) in [6.45, 7) is 0. The van der Waals surface area contributed by atoms with E-state index in [2.05, 4.69) is 146 Å². The van der Waals surface area contributed by atoms with Crippen LogP contribution in [-0.2, 0) is 0 Å². The molecule has 0 radical (unpaired) electrons. The van der Waals surface area contributed by atoms with E-state index in [-0.39, 0.29) is 0 Å². The molecule has 0 spiro atoms. The van der Waals surface area contributed by atoms with Crippen LogP contribution in [-0.4, -0.2) is 19.9 Å². The average molecular weight is 785 g/mol. The van der Waals surface area contributed by atoms with E-state index >= 15 is 0 Å². The van der Waals surface area contributed by atoms with E-state index in [1.807, 2.05) is 59.9 Å². The number of fused-ring (bicyclic) bond motifs is 8. The van der Waals surface area contributed by atoms with E-state index in [1.54, 1.807) is 0 Å². The first-order chi connectivity index (χ1) is 29.7. The Bertz CT molecular complexity index is 3600. The lowest BCUT2D eigenvalue weighted by Gasteiger charge is -2.13. The van der Waals surface area contributed by atoms with Crippen molar-refractivity contribution in [3.63, 3.8) is 0 Å². The van der Waals surface area contributed by atoms with Gasteiger partial charge in [-0.05, 0) is 29.3 Å². The van der Waals surface area contributed by atoms with Crippen molar-refractivity contribution in [2.24, 2.45) is 0 Å². The number of pyridine rings is 1. The Morgan fingerprint density at radius 3 is 1.70 bits per heavy atom. The Kier molecular flexibility index (Phi) is 7.96.